The van der Waals surface area contributed by atoms with Crippen LogP contribution in [0.5, 0.6) is 0 Å². The van der Waals surface area contributed by atoms with Crippen molar-refractivity contribution in [1.29, 1.82) is 0 Å². The summed E-state index contributed by atoms with van der Waals surface area (Å²) in [5.74, 6) is 0.521. The second-order valence-electron chi connectivity index (χ2n) is 8.37. The van der Waals surface area contributed by atoms with Gasteiger partial charge < -0.3 is 10.1 Å². The molecular weight excluding hydrogens is 424 g/mol. The van der Waals surface area contributed by atoms with E-state index in [1.165, 1.54) is 0 Å². The molecule has 1 N–H and O–H groups in total. The fraction of sp³-hybridized carbons (Fsp3) is 0.214. The fourth-order valence-corrected chi connectivity index (χ4v) is 3.77. The van der Waals surface area contributed by atoms with Crippen LogP contribution in [-0.4, -0.2) is 28.0 Å². The lowest BCUT2D eigenvalue weighted by Gasteiger charge is -2.16. The molecule has 1 atom stereocenters. The number of rotatable bonds is 7. The Balaban J connectivity index is 1.75. The molecule has 0 saturated heterocycles. The highest BCUT2D eigenvalue weighted by molar-refractivity contribution is 5.97. The number of amides is 1. The van der Waals surface area contributed by atoms with Crippen LogP contribution in [0.4, 0.5) is 0 Å². The normalized spacial score (nSPS) is 11.8. The summed E-state index contributed by atoms with van der Waals surface area (Å²) in [6.45, 7) is 6.24. The lowest BCUT2D eigenvalue weighted by Crippen LogP contribution is -2.27. The van der Waals surface area contributed by atoms with Crippen LogP contribution < -0.4 is 5.32 Å². The Morgan fingerprint density at radius 3 is 2.38 bits per heavy atom. The van der Waals surface area contributed by atoms with Gasteiger partial charge in [-0.1, -0.05) is 30.3 Å². The summed E-state index contributed by atoms with van der Waals surface area (Å²) in [4.78, 5) is 26.4. The van der Waals surface area contributed by atoms with Gasteiger partial charge in [0, 0.05) is 42.4 Å². The summed E-state index contributed by atoms with van der Waals surface area (Å²) in [6.07, 6.45) is 5.32. The molecule has 4 rings (SSSR count). The van der Waals surface area contributed by atoms with Gasteiger partial charge in [-0.25, -0.2) is 9.97 Å². The molecule has 0 bridgehead atoms. The van der Waals surface area contributed by atoms with Crippen molar-refractivity contribution in [3.05, 3.63) is 101 Å². The molecular formula is C28H28N4O2. The van der Waals surface area contributed by atoms with Gasteiger partial charge in [0.1, 0.15) is 5.82 Å². The first-order valence-corrected chi connectivity index (χ1v) is 11.2. The van der Waals surface area contributed by atoms with Crippen molar-refractivity contribution in [1.82, 2.24) is 20.3 Å². The minimum atomic E-state index is -0.238. The average Bonchev–Trinajstić information content (AvgIpc) is 2.85. The van der Waals surface area contributed by atoms with Crippen molar-refractivity contribution >= 4 is 5.91 Å². The number of nitrogens with zero attached hydrogens (tertiary/aromatic N) is 3. The van der Waals surface area contributed by atoms with Crippen molar-refractivity contribution in [2.75, 3.05) is 7.11 Å². The van der Waals surface area contributed by atoms with E-state index in [2.05, 4.69) is 26.3 Å². The number of aromatic nitrogens is 3. The maximum Gasteiger partial charge on any atom is 0.251 e. The van der Waals surface area contributed by atoms with Crippen LogP contribution in [0.3, 0.4) is 0 Å². The molecule has 0 unspecified atom stereocenters. The van der Waals surface area contributed by atoms with Gasteiger partial charge in [-0.15, -0.1) is 0 Å². The van der Waals surface area contributed by atoms with Gasteiger partial charge in [-0.05, 0) is 67.3 Å². The van der Waals surface area contributed by atoms with E-state index in [-0.39, 0.29) is 11.9 Å². The Labute approximate surface area is 200 Å². The zero-order chi connectivity index (χ0) is 24.1. The van der Waals surface area contributed by atoms with E-state index >= 15 is 0 Å². The number of methoxy groups -OCH3 is 1. The van der Waals surface area contributed by atoms with Crippen molar-refractivity contribution in [2.45, 2.75) is 33.4 Å². The molecule has 2 aromatic heterocycles. The van der Waals surface area contributed by atoms with Crippen molar-refractivity contribution in [2.24, 2.45) is 0 Å². The molecule has 4 aromatic rings. The van der Waals surface area contributed by atoms with E-state index in [1.54, 1.807) is 19.5 Å². The molecule has 34 heavy (non-hydrogen) atoms. The Hall–Kier alpha value is -3.90. The van der Waals surface area contributed by atoms with E-state index in [0.29, 0.717) is 18.0 Å². The highest BCUT2D eigenvalue weighted by Gasteiger charge is 2.16. The quantitative estimate of drug-likeness (QED) is 0.403. The number of hydrogen-bond acceptors (Lipinski definition) is 5. The molecule has 6 heteroatoms. The first kappa shape index (κ1) is 23.3. The third-order valence-corrected chi connectivity index (χ3v) is 5.68. The number of carbonyl (C=O) groups excluding carboxylic acids is 1. The minimum absolute atomic E-state index is 0.174. The number of benzene rings is 2. The fourth-order valence-electron chi connectivity index (χ4n) is 3.77. The summed E-state index contributed by atoms with van der Waals surface area (Å²) in [5, 5.41) is 3.07. The van der Waals surface area contributed by atoms with Crippen LogP contribution >= 0.6 is 0 Å². The zero-order valence-corrected chi connectivity index (χ0v) is 19.9. The zero-order valence-electron chi connectivity index (χ0n) is 19.9. The van der Waals surface area contributed by atoms with Crippen LogP contribution in [0.1, 0.15) is 45.8 Å². The second kappa shape index (κ2) is 10.4. The van der Waals surface area contributed by atoms with Gasteiger partial charge in [0.25, 0.3) is 5.91 Å². The SMILES string of the molecule is COCc1ccccc1-c1cc(C(=O)N[C@H](C)c2cnc(C)nc2)cc(-c2ccc(C)cn2)c1. The molecule has 172 valence electrons. The van der Waals surface area contributed by atoms with Crippen LogP contribution in [0.25, 0.3) is 22.4 Å². The van der Waals surface area contributed by atoms with Gasteiger partial charge in [-0.3, -0.25) is 9.78 Å². The van der Waals surface area contributed by atoms with E-state index < -0.39 is 0 Å². The second-order valence-corrected chi connectivity index (χ2v) is 8.37. The number of carbonyl (C=O) groups is 1. The summed E-state index contributed by atoms with van der Waals surface area (Å²) < 4.78 is 5.40. The molecule has 2 heterocycles. The highest BCUT2D eigenvalue weighted by atomic mass is 16.5. The lowest BCUT2D eigenvalue weighted by molar-refractivity contribution is 0.0940. The van der Waals surface area contributed by atoms with E-state index in [1.807, 2.05) is 75.5 Å². The largest absolute Gasteiger partial charge is 0.380 e. The summed E-state index contributed by atoms with van der Waals surface area (Å²) in [7, 11) is 1.68. The molecule has 0 radical (unpaired) electrons. The Kier molecular flexibility index (Phi) is 7.09. The van der Waals surface area contributed by atoms with Gasteiger partial charge in [-0.2, -0.15) is 0 Å². The summed E-state index contributed by atoms with van der Waals surface area (Å²) in [5.41, 5.74) is 7.18. The van der Waals surface area contributed by atoms with Crippen molar-refractivity contribution < 1.29 is 9.53 Å². The Morgan fingerprint density at radius 1 is 0.941 bits per heavy atom. The first-order valence-electron chi connectivity index (χ1n) is 11.2. The molecule has 0 aliphatic carbocycles. The summed E-state index contributed by atoms with van der Waals surface area (Å²) in [6, 6.07) is 17.7. The maximum absolute atomic E-state index is 13.3. The Bertz CT molecular complexity index is 1280. The standard InChI is InChI=1S/C28H28N4O2/c1-18-9-10-27(31-14-18)23-11-22(26-8-6-5-7-21(26)17-34-4)12-24(13-23)28(33)32-19(2)25-15-29-20(3)30-16-25/h5-16,19H,17H2,1-4H3,(H,32,33)/t19-/m1/s1. The molecule has 0 fully saturated rings. The third kappa shape index (κ3) is 5.35. The van der Waals surface area contributed by atoms with E-state index in [0.717, 1.165) is 39.1 Å². The van der Waals surface area contributed by atoms with Crippen LogP contribution in [0.15, 0.2) is 73.2 Å². The molecule has 0 aliphatic rings. The average molecular weight is 453 g/mol. The minimum Gasteiger partial charge on any atom is -0.380 e. The number of nitrogens with one attached hydrogen (secondary N) is 1. The molecule has 0 aliphatic heterocycles. The van der Waals surface area contributed by atoms with Gasteiger partial charge in [0.2, 0.25) is 0 Å². The topological polar surface area (TPSA) is 77.0 Å². The molecule has 0 saturated carbocycles. The van der Waals surface area contributed by atoms with Crippen LogP contribution in [0, 0.1) is 13.8 Å². The van der Waals surface area contributed by atoms with Gasteiger partial charge >= 0.3 is 0 Å². The summed E-state index contributed by atoms with van der Waals surface area (Å²) >= 11 is 0. The van der Waals surface area contributed by atoms with Gasteiger partial charge in [0.05, 0.1) is 18.3 Å². The molecule has 2 aromatic carbocycles. The maximum atomic E-state index is 13.3. The molecule has 1 amide bonds. The van der Waals surface area contributed by atoms with Crippen molar-refractivity contribution in [3.8, 4) is 22.4 Å². The van der Waals surface area contributed by atoms with Crippen LogP contribution in [0.2, 0.25) is 0 Å². The number of pyridine rings is 1. The van der Waals surface area contributed by atoms with Gasteiger partial charge in [0.15, 0.2) is 0 Å². The molecule has 0 spiro atoms. The smallest absolute Gasteiger partial charge is 0.251 e. The predicted molar refractivity (Wildman–Crippen MR) is 133 cm³/mol. The molecule has 6 nitrogen and oxygen atoms in total. The van der Waals surface area contributed by atoms with Crippen LogP contribution in [-0.2, 0) is 11.3 Å². The number of hydrogen-bond donors (Lipinski definition) is 1. The highest BCUT2D eigenvalue weighted by Crippen LogP contribution is 2.30. The van der Waals surface area contributed by atoms with E-state index in [4.69, 9.17) is 4.74 Å². The number of ether oxygens (including phenoxy) is 1. The first-order chi connectivity index (χ1) is 16.4. The van der Waals surface area contributed by atoms with E-state index in [9.17, 15) is 4.79 Å². The number of aryl methyl sites for hydroxylation is 2. The lowest BCUT2D eigenvalue weighted by atomic mass is 9.94. The third-order valence-electron chi connectivity index (χ3n) is 5.68. The predicted octanol–water partition coefficient (Wildman–Crippen LogP) is 5.46. The Morgan fingerprint density at radius 2 is 1.68 bits per heavy atom. The monoisotopic (exact) mass is 452 g/mol. The van der Waals surface area contributed by atoms with Crippen molar-refractivity contribution in [3.63, 3.8) is 0 Å².